The van der Waals surface area contributed by atoms with Crippen molar-refractivity contribution in [1.82, 2.24) is 10.2 Å². The van der Waals surface area contributed by atoms with Gasteiger partial charge in [0.2, 0.25) is 5.88 Å². The lowest BCUT2D eigenvalue weighted by atomic mass is 10.3. The van der Waals surface area contributed by atoms with Crippen molar-refractivity contribution in [2.24, 2.45) is 0 Å². The highest BCUT2D eigenvalue weighted by Crippen LogP contribution is 2.30. The number of fused-ring (bicyclic) bond motifs is 1. The van der Waals surface area contributed by atoms with E-state index in [1.807, 2.05) is 24.3 Å². The van der Waals surface area contributed by atoms with E-state index in [2.05, 4.69) is 10.2 Å². The molecule has 0 saturated carbocycles. The van der Waals surface area contributed by atoms with Crippen molar-refractivity contribution in [3.8, 4) is 17.4 Å². The van der Waals surface area contributed by atoms with Crippen molar-refractivity contribution >= 4 is 0 Å². The molecule has 0 aliphatic carbocycles. The Kier molecular flexibility index (Phi) is 2.57. The second-order valence-corrected chi connectivity index (χ2v) is 3.73. The number of aromatic amines is 1. The number of benzene rings is 1. The highest BCUT2D eigenvalue weighted by atomic mass is 16.6. The van der Waals surface area contributed by atoms with Gasteiger partial charge in [0.15, 0.2) is 17.6 Å². The zero-order valence-corrected chi connectivity index (χ0v) is 9.13. The van der Waals surface area contributed by atoms with E-state index in [-0.39, 0.29) is 6.10 Å². The van der Waals surface area contributed by atoms with Gasteiger partial charge in [-0.1, -0.05) is 12.1 Å². The summed E-state index contributed by atoms with van der Waals surface area (Å²) in [5.41, 5.74) is 0. The fraction of sp³-hybridized carbons (Fsp3) is 0.250. The van der Waals surface area contributed by atoms with Crippen LogP contribution in [0.4, 0.5) is 0 Å². The van der Waals surface area contributed by atoms with Gasteiger partial charge in [0.25, 0.3) is 0 Å². The smallest absolute Gasteiger partial charge is 0.209 e. The summed E-state index contributed by atoms with van der Waals surface area (Å²) in [6.07, 6.45) is 1.54. The largest absolute Gasteiger partial charge is 0.486 e. The van der Waals surface area contributed by atoms with Crippen LogP contribution in [-0.4, -0.2) is 29.5 Å². The number of hydrogen-bond donors (Lipinski definition) is 1. The summed E-state index contributed by atoms with van der Waals surface area (Å²) >= 11 is 0. The molecule has 2 aromatic rings. The Morgan fingerprint density at radius 3 is 3.00 bits per heavy atom. The lowest BCUT2D eigenvalue weighted by molar-refractivity contribution is 0.0522. The van der Waals surface area contributed by atoms with Crippen LogP contribution < -0.4 is 14.2 Å². The molecule has 0 fully saturated rings. The molecule has 1 unspecified atom stereocenters. The lowest BCUT2D eigenvalue weighted by Crippen LogP contribution is -2.34. The fourth-order valence-corrected chi connectivity index (χ4v) is 1.65. The van der Waals surface area contributed by atoms with Crippen LogP contribution in [0.3, 0.4) is 0 Å². The molecule has 1 aromatic carbocycles. The first kappa shape index (κ1) is 10.0. The Morgan fingerprint density at radius 2 is 2.18 bits per heavy atom. The molecular formula is C12H12N2O3. The van der Waals surface area contributed by atoms with Crippen molar-refractivity contribution in [3.63, 3.8) is 0 Å². The number of rotatable bonds is 3. The second-order valence-electron chi connectivity index (χ2n) is 3.73. The Bertz CT molecular complexity index is 484. The molecule has 0 bridgehead atoms. The standard InChI is InChI=1S/C12H12N2O3/c1-2-4-11-10(3-1)15-7-9(17-11)8-16-12-5-6-13-14-12/h1-6,9H,7-8H2,(H,13,14). The Balaban J connectivity index is 1.61. The predicted molar refractivity (Wildman–Crippen MR) is 60.4 cm³/mol. The molecule has 1 aromatic heterocycles. The minimum atomic E-state index is -0.104. The van der Waals surface area contributed by atoms with Crippen molar-refractivity contribution < 1.29 is 14.2 Å². The minimum absolute atomic E-state index is 0.104. The number of nitrogens with one attached hydrogen (secondary N) is 1. The maximum atomic E-state index is 5.75. The van der Waals surface area contributed by atoms with Gasteiger partial charge in [-0.05, 0) is 12.1 Å². The third kappa shape index (κ3) is 2.18. The third-order valence-electron chi connectivity index (χ3n) is 2.47. The second kappa shape index (κ2) is 4.37. The maximum Gasteiger partial charge on any atom is 0.209 e. The molecule has 0 spiro atoms. The van der Waals surface area contributed by atoms with Gasteiger partial charge in [0.1, 0.15) is 13.2 Å². The zero-order valence-electron chi connectivity index (χ0n) is 9.13. The molecule has 0 amide bonds. The van der Waals surface area contributed by atoms with E-state index in [0.29, 0.717) is 19.1 Å². The van der Waals surface area contributed by atoms with Crippen LogP contribution >= 0.6 is 0 Å². The predicted octanol–water partition coefficient (Wildman–Crippen LogP) is 1.63. The molecule has 5 nitrogen and oxygen atoms in total. The highest BCUT2D eigenvalue weighted by Gasteiger charge is 2.21. The number of aromatic nitrogens is 2. The first-order chi connectivity index (χ1) is 8.42. The molecule has 1 N–H and O–H groups in total. The summed E-state index contributed by atoms with van der Waals surface area (Å²) in [7, 11) is 0. The van der Waals surface area contributed by atoms with Crippen LogP contribution in [0, 0.1) is 0 Å². The van der Waals surface area contributed by atoms with Crippen LogP contribution in [-0.2, 0) is 0 Å². The fourth-order valence-electron chi connectivity index (χ4n) is 1.65. The van der Waals surface area contributed by atoms with Gasteiger partial charge >= 0.3 is 0 Å². The zero-order chi connectivity index (χ0) is 11.5. The van der Waals surface area contributed by atoms with Gasteiger partial charge in [-0.2, -0.15) is 5.10 Å². The van der Waals surface area contributed by atoms with Gasteiger partial charge in [-0.3, -0.25) is 0 Å². The number of H-pyrrole nitrogens is 1. The van der Waals surface area contributed by atoms with Crippen LogP contribution in [0.2, 0.25) is 0 Å². The monoisotopic (exact) mass is 232 g/mol. The summed E-state index contributed by atoms with van der Waals surface area (Å²) < 4.78 is 16.8. The van der Waals surface area contributed by atoms with Crippen molar-refractivity contribution in [1.29, 1.82) is 0 Å². The summed E-state index contributed by atoms with van der Waals surface area (Å²) in [6, 6.07) is 9.38. The van der Waals surface area contributed by atoms with E-state index in [9.17, 15) is 0 Å². The summed E-state index contributed by atoms with van der Waals surface area (Å²) in [5, 5.41) is 6.53. The van der Waals surface area contributed by atoms with Gasteiger partial charge in [0, 0.05) is 6.07 Å². The number of para-hydroxylation sites is 2. The van der Waals surface area contributed by atoms with Crippen molar-refractivity contribution in [2.75, 3.05) is 13.2 Å². The highest BCUT2D eigenvalue weighted by molar-refractivity contribution is 5.40. The van der Waals surface area contributed by atoms with E-state index in [1.54, 1.807) is 12.3 Å². The summed E-state index contributed by atoms with van der Waals surface area (Å²) in [5.74, 6) is 2.18. The van der Waals surface area contributed by atoms with Crippen LogP contribution in [0.5, 0.6) is 17.4 Å². The maximum absolute atomic E-state index is 5.75. The van der Waals surface area contributed by atoms with E-state index in [1.165, 1.54) is 0 Å². The topological polar surface area (TPSA) is 56.4 Å². The lowest BCUT2D eigenvalue weighted by Gasteiger charge is -2.26. The Labute approximate surface area is 98.3 Å². The van der Waals surface area contributed by atoms with E-state index < -0.39 is 0 Å². The van der Waals surface area contributed by atoms with E-state index in [4.69, 9.17) is 14.2 Å². The molecule has 1 aliphatic heterocycles. The van der Waals surface area contributed by atoms with Gasteiger partial charge in [-0.15, -0.1) is 0 Å². The minimum Gasteiger partial charge on any atom is -0.486 e. The third-order valence-corrected chi connectivity index (χ3v) is 2.47. The molecular weight excluding hydrogens is 220 g/mol. The summed E-state index contributed by atoms with van der Waals surface area (Å²) in [4.78, 5) is 0. The van der Waals surface area contributed by atoms with Gasteiger partial charge in [0.05, 0.1) is 6.20 Å². The molecule has 2 heterocycles. The average Bonchev–Trinajstić information content (AvgIpc) is 2.89. The van der Waals surface area contributed by atoms with Gasteiger partial charge < -0.3 is 14.2 Å². The number of hydrogen-bond acceptors (Lipinski definition) is 4. The first-order valence-electron chi connectivity index (χ1n) is 5.42. The Morgan fingerprint density at radius 1 is 1.29 bits per heavy atom. The number of ether oxygens (including phenoxy) is 3. The molecule has 88 valence electrons. The molecule has 1 aliphatic rings. The molecule has 5 heteroatoms. The van der Waals surface area contributed by atoms with E-state index in [0.717, 1.165) is 11.5 Å². The van der Waals surface area contributed by atoms with Crippen LogP contribution in [0.15, 0.2) is 36.5 Å². The Hall–Kier alpha value is -2.17. The van der Waals surface area contributed by atoms with Crippen LogP contribution in [0.25, 0.3) is 0 Å². The summed E-state index contributed by atoms with van der Waals surface area (Å²) in [6.45, 7) is 0.918. The average molecular weight is 232 g/mol. The molecule has 17 heavy (non-hydrogen) atoms. The van der Waals surface area contributed by atoms with Crippen LogP contribution in [0.1, 0.15) is 0 Å². The SMILES string of the molecule is c1ccc2c(c1)OCC(COc1ccn[nH]1)O2. The van der Waals surface area contributed by atoms with Crippen molar-refractivity contribution in [2.45, 2.75) is 6.10 Å². The molecule has 0 radical (unpaired) electrons. The van der Waals surface area contributed by atoms with E-state index >= 15 is 0 Å². The van der Waals surface area contributed by atoms with Gasteiger partial charge in [-0.25, -0.2) is 5.10 Å². The van der Waals surface area contributed by atoms with Crippen molar-refractivity contribution in [3.05, 3.63) is 36.5 Å². The molecule has 0 saturated heterocycles. The first-order valence-corrected chi connectivity index (χ1v) is 5.42. The normalized spacial score (nSPS) is 17.8. The number of nitrogens with zero attached hydrogens (tertiary/aromatic N) is 1. The molecule has 3 rings (SSSR count). The molecule has 1 atom stereocenters. The quantitative estimate of drug-likeness (QED) is 0.873.